The van der Waals surface area contributed by atoms with E-state index in [-0.39, 0.29) is 20.1 Å². The molecule has 87 valence electrons. The van der Waals surface area contributed by atoms with Gasteiger partial charge in [-0.05, 0) is 18.3 Å². The molecular formula is C15H12IrN-. The van der Waals surface area contributed by atoms with Crippen molar-refractivity contribution in [2.24, 2.45) is 0 Å². The van der Waals surface area contributed by atoms with Gasteiger partial charge in [-0.1, -0.05) is 36.9 Å². The van der Waals surface area contributed by atoms with Crippen LogP contribution in [0.1, 0.15) is 11.1 Å². The number of fused-ring (bicyclic) bond motifs is 1. The monoisotopic (exact) mass is 399 g/mol. The smallest absolute Gasteiger partial charge is 0.0334 e. The fourth-order valence-corrected chi connectivity index (χ4v) is 1.89. The van der Waals surface area contributed by atoms with Crippen molar-refractivity contribution in [3.63, 3.8) is 0 Å². The third-order valence-electron chi connectivity index (χ3n) is 2.74. The van der Waals surface area contributed by atoms with Gasteiger partial charge in [0.1, 0.15) is 0 Å². The molecule has 0 unspecified atom stereocenters. The van der Waals surface area contributed by atoms with Gasteiger partial charge < -0.3 is 4.90 Å². The Morgan fingerprint density at radius 1 is 0.824 bits per heavy atom. The normalized spacial score (nSPS) is 12.4. The molecule has 17 heavy (non-hydrogen) atoms. The molecule has 2 aromatic rings. The van der Waals surface area contributed by atoms with Crippen molar-refractivity contribution in [1.82, 2.24) is 0 Å². The zero-order chi connectivity index (χ0) is 10.8. The molecule has 0 bridgehead atoms. The molecule has 0 saturated carbocycles. The number of benzene rings is 2. The van der Waals surface area contributed by atoms with Gasteiger partial charge in [0.15, 0.2) is 0 Å². The van der Waals surface area contributed by atoms with Gasteiger partial charge in [-0.15, -0.1) is 17.7 Å². The Morgan fingerprint density at radius 2 is 1.53 bits per heavy atom. The van der Waals surface area contributed by atoms with Crippen molar-refractivity contribution < 1.29 is 20.1 Å². The van der Waals surface area contributed by atoms with Crippen LogP contribution in [-0.4, -0.2) is 0 Å². The van der Waals surface area contributed by atoms with E-state index in [1.54, 1.807) is 0 Å². The standard InChI is InChI=1S/C15H12N.Ir/c1-2-8-15(9-3-1)16-11-10-13-6-4-5-7-14(13)12-16;/h1-12H;/q-1;. The van der Waals surface area contributed by atoms with E-state index in [0.717, 1.165) is 0 Å². The molecule has 0 spiro atoms. The Bertz CT molecular complexity index is 519. The molecule has 0 fully saturated rings. The van der Waals surface area contributed by atoms with Crippen LogP contribution in [0, 0.1) is 6.54 Å². The average Bonchev–Trinajstić information content (AvgIpc) is 2.39. The summed E-state index contributed by atoms with van der Waals surface area (Å²) >= 11 is 0. The summed E-state index contributed by atoms with van der Waals surface area (Å²) in [6, 6.07) is 18.7. The van der Waals surface area contributed by atoms with Crippen molar-refractivity contribution in [3.05, 3.63) is 78.5 Å². The summed E-state index contributed by atoms with van der Waals surface area (Å²) in [6.45, 7) is 2.16. The zero-order valence-corrected chi connectivity index (χ0v) is 11.6. The van der Waals surface area contributed by atoms with Gasteiger partial charge in [-0.25, -0.2) is 0 Å². The Morgan fingerprint density at radius 3 is 2.35 bits per heavy atom. The van der Waals surface area contributed by atoms with Gasteiger partial charge in [0.05, 0.1) is 0 Å². The van der Waals surface area contributed by atoms with E-state index in [2.05, 4.69) is 72.3 Å². The van der Waals surface area contributed by atoms with Gasteiger partial charge >= 0.3 is 0 Å². The molecule has 3 rings (SSSR count). The summed E-state index contributed by atoms with van der Waals surface area (Å²) in [7, 11) is 0. The average molecular weight is 398 g/mol. The Kier molecular flexibility index (Phi) is 3.68. The summed E-state index contributed by atoms with van der Waals surface area (Å²) in [5.74, 6) is 0. The van der Waals surface area contributed by atoms with E-state index in [0.29, 0.717) is 0 Å². The van der Waals surface area contributed by atoms with E-state index in [1.165, 1.54) is 16.8 Å². The predicted octanol–water partition coefficient (Wildman–Crippen LogP) is 3.68. The quantitative estimate of drug-likeness (QED) is 0.663. The number of hydrogen-bond donors (Lipinski definition) is 0. The summed E-state index contributed by atoms with van der Waals surface area (Å²) in [5.41, 5.74) is 3.72. The molecule has 0 amide bonds. The number of rotatable bonds is 1. The van der Waals surface area contributed by atoms with Gasteiger partial charge in [0.2, 0.25) is 0 Å². The first-order valence-electron chi connectivity index (χ1n) is 5.39. The van der Waals surface area contributed by atoms with E-state index in [9.17, 15) is 0 Å². The maximum absolute atomic E-state index is 2.16. The maximum atomic E-state index is 2.16. The van der Waals surface area contributed by atoms with E-state index in [1.807, 2.05) is 6.07 Å². The van der Waals surface area contributed by atoms with Crippen molar-refractivity contribution in [2.45, 2.75) is 0 Å². The molecule has 0 atom stereocenters. The van der Waals surface area contributed by atoms with E-state index >= 15 is 0 Å². The first kappa shape index (κ1) is 12.0. The van der Waals surface area contributed by atoms with Gasteiger partial charge in [0, 0.05) is 25.8 Å². The fourth-order valence-electron chi connectivity index (χ4n) is 1.89. The number of hydrogen-bond acceptors (Lipinski definition) is 1. The number of nitrogens with zero attached hydrogens (tertiary/aromatic N) is 1. The van der Waals surface area contributed by atoms with Crippen LogP contribution < -0.4 is 4.90 Å². The molecule has 1 aliphatic heterocycles. The van der Waals surface area contributed by atoms with Crippen molar-refractivity contribution in [3.8, 4) is 0 Å². The first-order chi connectivity index (χ1) is 7.93. The minimum absolute atomic E-state index is 0. The topological polar surface area (TPSA) is 3.24 Å². The first-order valence-corrected chi connectivity index (χ1v) is 5.39. The molecule has 1 aliphatic rings. The van der Waals surface area contributed by atoms with Crippen LogP contribution >= 0.6 is 0 Å². The van der Waals surface area contributed by atoms with Crippen molar-refractivity contribution >= 4 is 11.8 Å². The molecule has 0 aliphatic carbocycles. The second-order valence-electron chi connectivity index (χ2n) is 3.82. The second-order valence-corrected chi connectivity index (χ2v) is 3.82. The van der Waals surface area contributed by atoms with E-state index < -0.39 is 0 Å². The third-order valence-corrected chi connectivity index (χ3v) is 2.74. The predicted molar refractivity (Wildman–Crippen MR) is 67.8 cm³/mol. The molecule has 1 nitrogen and oxygen atoms in total. The summed E-state index contributed by atoms with van der Waals surface area (Å²) < 4.78 is 0. The number of para-hydroxylation sites is 1. The summed E-state index contributed by atoms with van der Waals surface area (Å²) in [4.78, 5) is 2.14. The summed E-state index contributed by atoms with van der Waals surface area (Å²) in [6.07, 6.45) is 4.24. The van der Waals surface area contributed by atoms with Crippen LogP contribution in [0.25, 0.3) is 6.08 Å². The van der Waals surface area contributed by atoms with Crippen molar-refractivity contribution in [1.29, 1.82) is 0 Å². The van der Waals surface area contributed by atoms with Crippen LogP contribution in [0.2, 0.25) is 0 Å². The van der Waals surface area contributed by atoms with Crippen LogP contribution in [0.3, 0.4) is 0 Å². The van der Waals surface area contributed by atoms with Gasteiger partial charge in [0.25, 0.3) is 0 Å². The number of anilines is 1. The Labute approximate surface area is 115 Å². The minimum Gasteiger partial charge on any atom is -0.379 e. The van der Waals surface area contributed by atoms with Gasteiger partial charge in [-0.3, -0.25) is 0 Å². The molecule has 1 heterocycles. The van der Waals surface area contributed by atoms with Crippen LogP contribution in [0.15, 0.2) is 60.8 Å². The van der Waals surface area contributed by atoms with Gasteiger partial charge in [-0.2, -0.15) is 11.6 Å². The minimum atomic E-state index is 0. The maximum Gasteiger partial charge on any atom is 0.0334 e. The SMILES string of the molecule is C1=CN(c2ccccc2)[CH-]c2ccccc21.[Ir]. The largest absolute Gasteiger partial charge is 0.379 e. The molecule has 2 heteroatoms. The zero-order valence-electron chi connectivity index (χ0n) is 9.21. The van der Waals surface area contributed by atoms with E-state index in [4.69, 9.17) is 0 Å². The third kappa shape index (κ3) is 2.44. The fraction of sp³-hybridized carbons (Fsp3) is 0. The summed E-state index contributed by atoms with van der Waals surface area (Å²) in [5, 5.41) is 0. The Hall–Kier alpha value is -1.50. The molecule has 0 aromatic heterocycles. The molecular weight excluding hydrogens is 386 g/mol. The molecule has 0 saturated heterocycles. The van der Waals surface area contributed by atoms with Crippen LogP contribution in [0.5, 0.6) is 0 Å². The van der Waals surface area contributed by atoms with Crippen LogP contribution in [0.4, 0.5) is 5.69 Å². The second kappa shape index (κ2) is 5.22. The molecule has 2 aromatic carbocycles. The van der Waals surface area contributed by atoms with Crippen LogP contribution in [-0.2, 0) is 20.1 Å². The Balaban J connectivity index is 0.00000108. The molecule has 0 N–H and O–H groups in total. The van der Waals surface area contributed by atoms with Crippen molar-refractivity contribution in [2.75, 3.05) is 4.90 Å². The molecule has 1 radical (unpaired) electrons.